The molecule has 6 heteroatoms. The Balaban J connectivity index is 1.55. The van der Waals surface area contributed by atoms with Crippen molar-refractivity contribution in [2.45, 2.75) is 39.3 Å². The molecule has 0 spiro atoms. The van der Waals surface area contributed by atoms with Crippen molar-refractivity contribution in [3.63, 3.8) is 0 Å². The largest absolute Gasteiger partial charge is 0.325 e. The maximum atomic E-state index is 13.1. The molecule has 1 aliphatic carbocycles. The molecule has 1 aliphatic rings. The number of hydrogen-bond acceptors (Lipinski definition) is 3. The first kappa shape index (κ1) is 19.0. The lowest BCUT2D eigenvalue weighted by atomic mass is 10.1. The second-order valence-corrected chi connectivity index (χ2v) is 7.01. The molecule has 0 bridgehead atoms. The van der Waals surface area contributed by atoms with Gasteiger partial charge >= 0.3 is 6.03 Å². The minimum Gasteiger partial charge on any atom is -0.307 e. The molecule has 27 heavy (non-hydrogen) atoms. The van der Waals surface area contributed by atoms with Crippen LogP contribution in [0.2, 0.25) is 0 Å². The van der Waals surface area contributed by atoms with E-state index in [1.165, 1.54) is 12.1 Å². The summed E-state index contributed by atoms with van der Waals surface area (Å²) in [5.74, 6) is -0.635. The van der Waals surface area contributed by atoms with Gasteiger partial charge in [-0.05, 0) is 61.6 Å². The van der Waals surface area contributed by atoms with Crippen LogP contribution >= 0.6 is 0 Å². The van der Waals surface area contributed by atoms with Crippen molar-refractivity contribution in [2.24, 2.45) is 0 Å². The second-order valence-electron chi connectivity index (χ2n) is 7.01. The maximum Gasteiger partial charge on any atom is 0.325 e. The molecule has 0 unspecified atom stereocenters. The number of aryl methyl sites for hydroxylation is 1. The van der Waals surface area contributed by atoms with Crippen LogP contribution in [0.1, 0.15) is 29.5 Å². The van der Waals surface area contributed by atoms with Crippen LogP contribution in [-0.2, 0) is 11.3 Å². The number of amides is 3. The number of imide groups is 1. The van der Waals surface area contributed by atoms with E-state index in [0.717, 1.165) is 29.5 Å². The zero-order valence-corrected chi connectivity index (χ0v) is 15.6. The Morgan fingerprint density at radius 3 is 2.48 bits per heavy atom. The van der Waals surface area contributed by atoms with Crippen LogP contribution in [0, 0.1) is 19.7 Å². The first-order valence-corrected chi connectivity index (χ1v) is 9.08. The number of carbonyl (C=O) groups is 2. The molecule has 3 amide bonds. The molecule has 3 rings (SSSR count). The van der Waals surface area contributed by atoms with Gasteiger partial charge in [0.2, 0.25) is 5.91 Å². The molecular formula is C21H24FN3O2. The summed E-state index contributed by atoms with van der Waals surface area (Å²) in [5.41, 5.74) is 3.66. The Morgan fingerprint density at radius 1 is 1.11 bits per heavy atom. The molecule has 2 aromatic carbocycles. The Bertz CT molecular complexity index is 832. The molecule has 2 N–H and O–H groups in total. The molecule has 0 radical (unpaired) electrons. The number of carbonyl (C=O) groups excluding carboxylic acids is 2. The number of nitrogens with one attached hydrogen (secondary N) is 2. The fraction of sp³-hybridized carbons (Fsp3) is 0.333. The number of urea groups is 1. The fourth-order valence-corrected chi connectivity index (χ4v) is 2.97. The molecule has 1 saturated carbocycles. The Kier molecular flexibility index (Phi) is 5.86. The van der Waals surface area contributed by atoms with Crippen molar-refractivity contribution in [3.05, 3.63) is 65.0 Å². The van der Waals surface area contributed by atoms with E-state index in [2.05, 4.69) is 10.6 Å². The molecule has 0 heterocycles. The number of halogens is 1. The summed E-state index contributed by atoms with van der Waals surface area (Å²) < 4.78 is 13.1. The highest BCUT2D eigenvalue weighted by Crippen LogP contribution is 2.28. The van der Waals surface area contributed by atoms with Gasteiger partial charge in [-0.3, -0.25) is 15.0 Å². The van der Waals surface area contributed by atoms with E-state index < -0.39 is 6.03 Å². The highest BCUT2D eigenvalue weighted by Gasteiger charge is 2.30. The minimum atomic E-state index is -0.536. The van der Waals surface area contributed by atoms with E-state index in [0.29, 0.717) is 18.3 Å². The number of hydrogen-bond donors (Lipinski definition) is 2. The van der Waals surface area contributed by atoms with Crippen LogP contribution in [0.3, 0.4) is 0 Å². The van der Waals surface area contributed by atoms with Crippen molar-refractivity contribution in [1.29, 1.82) is 0 Å². The normalized spacial score (nSPS) is 13.5. The minimum absolute atomic E-state index is 0.127. The summed E-state index contributed by atoms with van der Waals surface area (Å²) in [7, 11) is 0. The maximum absolute atomic E-state index is 13.1. The van der Waals surface area contributed by atoms with Crippen LogP contribution < -0.4 is 10.6 Å². The van der Waals surface area contributed by atoms with Crippen LogP contribution in [-0.4, -0.2) is 29.4 Å². The van der Waals surface area contributed by atoms with E-state index in [1.54, 1.807) is 18.2 Å². The molecule has 0 atom stereocenters. The van der Waals surface area contributed by atoms with E-state index in [1.807, 2.05) is 30.9 Å². The SMILES string of the molecule is Cc1cccc(NC(=O)NC(=O)CN(Cc2ccc(F)cc2)C2CC2)c1C. The van der Waals surface area contributed by atoms with Gasteiger partial charge in [0.15, 0.2) is 0 Å². The quantitative estimate of drug-likeness (QED) is 0.815. The van der Waals surface area contributed by atoms with Crippen molar-refractivity contribution < 1.29 is 14.0 Å². The molecule has 0 saturated heterocycles. The van der Waals surface area contributed by atoms with E-state index in [-0.39, 0.29) is 18.3 Å². The third kappa shape index (κ3) is 5.37. The summed E-state index contributed by atoms with van der Waals surface area (Å²) in [6, 6.07) is 11.7. The van der Waals surface area contributed by atoms with Crippen molar-refractivity contribution in [3.8, 4) is 0 Å². The van der Waals surface area contributed by atoms with Crippen LogP contribution in [0.25, 0.3) is 0 Å². The summed E-state index contributed by atoms with van der Waals surface area (Å²) in [4.78, 5) is 26.5. The first-order chi connectivity index (χ1) is 12.9. The number of benzene rings is 2. The van der Waals surface area contributed by atoms with Crippen LogP contribution in [0.15, 0.2) is 42.5 Å². The van der Waals surface area contributed by atoms with Gasteiger partial charge in [0.1, 0.15) is 5.82 Å². The van der Waals surface area contributed by atoms with Crippen molar-refractivity contribution >= 4 is 17.6 Å². The Hall–Kier alpha value is -2.73. The zero-order chi connectivity index (χ0) is 19.4. The van der Waals surface area contributed by atoms with Gasteiger partial charge in [0.25, 0.3) is 0 Å². The predicted octanol–water partition coefficient (Wildman–Crippen LogP) is 3.76. The van der Waals surface area contributed by atoms with Gasteiger partial charge in [-0.25, -0.2) is 9.18 Å². The van der Waals surface area contributed by atoms with Crippen LogP contribution in [0.5, 0.6) is 0 Å². The first-order valence-electron chi connectivity index (χ1n) is 9.08. The van der Waals surface area contributed by atoms with Gasteiger partial charge < -0.3 is 5.32 Å². The standard InChI is InChI=1S/C21H24FN3O2/c1-14-4-3-5-19(15(14)2)23-21(27)24-20(26)13-25(18-10-11-18)12-16-6-8-17(22)9-7-16/h3-9,18H,10-13H2,1-2H3,(H2,23,24,26,27). The van der Waals surface area contributed by atoms with Gasteiger partial charge in [-0.2, -0.15) is 0 Å². The topological polar surface area (TPSA) is 61.4 Å². The Morgan fingerprint density at radius 2 is 1.81 bits per heavy atom. The average molecular weight is 369 g/mol. The van der Waals surface area contributed by atoms with E-state index in [9.17, 15) is 14.0 Å². The lowest BCUT2D eigenvalue weighted by Gasteiger charge is -2.21. The molecule has 2 aromatic rings. The average Bonchev–Trinajstić information content (AvgIpc) is 3.45. The number of nitrogens with zero attached hydrogens (tertiary/aromatic N) is 1. The molecular weight excluding hydrogens is 345 g/mol. The third-order valence-corrected chi connectivity index (χ3v) is 4.81. The highest BCUT2D eigenvalue weighted by atomic mass is 19.1. The number of anilines is 1. The lowest BCUT2D eigenvalue weighted by Crippen LogP contribution is -2.42. The zero-order valence-electron chi connectivity index (χ0n) is 15.6. The monoisotopic (exact) mass is 369 g/mol. The van der Waals surface area contributed by atoms with Gasteiger partial charge in [-0.15, -0.1) is 0 Å². The molecule has 0 aliphatic heterocycles. The lowest BCUT2D eigenvalue weighted by molar-refractivity contribution is -0.121. The molecule has 0 aromatic heterocycles. The summed E-state index contributed by atoms with van der Waals surface area (Å²) >= 11 is 0. The van der Waals surface area contributed by atoms with E-state index in [4.69, 9.17) is 0 Å². The Labute approximate surface area is 158 Å². The van der Waals surface area contributed by atoms with Crippen molar-refractivity contribution in [2.75, 3.05) is 11.9 Å². The highest BCUT2D eigenvalue weighted by molar-refractivity contribution is 6.02. The number of rotatable bonds is 6. The summed E-state index contributed by atoms with van der Waals surface area (Å²) in [6.45, 7) is 4.57. The van der Waals surface area contributed by atoms with E-state index >= 15 is 0 Å². The third-order valence-electron chi connectivity index (χ3n) is 4.81. The molecule has 5 nitrogen and oxygen atoms in total. The van der Waals surface area contributed by atoms with Crippen molar-refractivity contribution in [1.82, 2.24) is 10.2 Å². The molecule has 142 valence electrons. The molecule has 1 fully saturated rings. The predicted molar refractivity (Wildman–Crippen MR) is 103 cm³/mol. The second kappa shape index (κ2) is 8.31. The van der Waals surface area contributed by atoms with Crippen LogP contribution in [0.4, 0.5) is 14.9 Å². The van der Waals surface area contributed by atoms with Gasteiger partial charge in [0, 0.05) is 18.3 Å². The fourth-order valence-electron chi connectivity index (χ4n) is 2.97. The van der Waals surface area contributed by atoms with Gasteiger partial charge in [-0.1, -0.05) is 24.3 Å². The summed E-state index contributed by atoms with van der Waals surface area (Å²) in [6.07, 6.45) is 2.06. The summed E-state index contributed by atoms with van der Waals surface area (Å²) in [5, 5.41) is 5.12. The smallest absolute Gasteiger partial charge is 0.307 e. The van der Waals surface area contributed by atoms with Gasteiger partial charge in [0.05, 0.1) is 6.54 Å².